The molecule has 0 fully saturated rings. The summed E-state index contributed by atoms with van der Waals surface area (Å²) in [6, 6.07) is 6.00. The van der Waals surface area contributed by atoms with E-state index in [0.717, 1.165) is 39.7 Å². The molecule has 0 aromatic carbocycles. The molecule has 28 heavy (non-hydrogen) atoms. The van der Waals surface area contributed by atoms with E-state index in [4.69, 9.17) is 4.74 Å². The number of H-pyrrole nitrogens is 1. The van der Waals surface area contributed by atoms with Crippen molar-refractivity contribution in [2.45, 2.75) is 19.9 Å². The lowest BCUT2D eigenvalue weighted by Gasteiger charge is -2.09. The molecule has 0 unspecified atom stereocenters. The van der Waals surface area contributed by atoms with E-state index < -0.39 is 0 Å². The van der Waals surface area contributed by atoms with Gasteiger partial charge < -0.3 is 19.6 Å². The van der Waals surface area contributed by atoms with Crippen molar-refractivity contribution in [2.75, 3.05) is 19.8 Å². The Balaban J connectivity index is 1.53. The Morgan fingerprint density at radius 2 is 2.25 bits per heavy atom. The van der Waals surface area contributed by atoms with E-state index in [1.807, 2.05) is 53.9 Å². The lowest BCUT2D eigenvalue weighted by Crippen LogP contribution is -2.29. The van der Waals surface area contributed by atoms with Gasteiger partial charge in [0.2, 0.25) is 5.91 Å². The molecular formula is C20H24N6O2. The number of hydrogen-bond acceptors (Lipinski definition) is 4. The van der Waals surface area contributed by atoms with Gasteiger partial charge in [0, 0.05) is 50.0 Å². The second kappa shape index (κ2) is 7.85. The number of fused-ring (bicyclic) bond motifs is 3. The van der Waals surface area contributed by atoms with Crippen LogP contribution >= 0.6 is 0 Å². The second-order valence-electron chi connectivity index (χ2n) is 6.70. The number of nitrogens with one attached hydrogen (secondary N) is 2. The smallest absolute Gasteiger partial charge is 0.239 e. The summed E-state index contributed by atoms with van der Waals surface area (Å²) in [6.45, 7) is 4.21. The van der Waals surface area contributed by atoms with Crippen molar-refractivity contribution in [2.24, 2.45) is 7.05 Å². The Morgan fingerprint density at radius 1 is 1.36 bits per heavy atom. The molecule has 8 nitrogen and oxygen atoms in total. The summed E-state index contributed by atoms with van der Waals surface area (Å²) in [5, 5.41) is 9.27. The predicted octanol–water partition coefficient (Wildman–Crippen LogP) is 2.46. The molecule has 0 atom stereocenters. The lowest BCUT2D eigenvalue weighted by molar-refractivity contribution is -0.121. The summed E-state index contributed by atoms with van der Waals surface area (Å²) < 4.78 is 9.07. The topological polar surface area (TPSA) is 89.8 Å². The van der Waals surface area contributed by atoms with Crippen molar-refractivity contribution in [1.82, 2.24) is 29.6 Å². The molecule has 0 radical (unpaired) electrons. The zero-order valence-electron chi connectivity index (χ0n) is 16.1. The Bertz CT molecular complexity index is 1110. The molecule has 4 heterocycles. The van der Waals surface area contributed by atoms with Crippen molar-refractivity contribution in [3.05, 3.63) is 36.8 Å². The third-order valence-corrected chi connectivity index (χ3v) is 4.76. The number of aromatic amines is 1. The summed E-state index contributed by atoms with van der Waals surface area (Å²) in [7, 11) is 1.92. The molecule has 0 aliphatic heterocycles. The maximum absolute atomic E-state index is 12.3. The van der Waals surface area contributed by atoms with Crippen molar-refractivity contribution >= 4 is 27.8 Å². The number of aromatic nitrogens is 5. The van der Waals surface area contributed by atoms with E-state index in [9.17, 15) is 4.79 Å². The number of hydrogen-bond donors (Lipinski definition) is 2. The molecule has 0 spiro atoms. The molecule has 0 bridgehead atoms. The van der Waals surface area contributed by atoms with Gasteiger partial charge in [-0.3, -0.25) is 9.48 Å². The minimum absolute atomic E-state index is 0.0165. The van der Waals surface area contributed by atoms with Gasteiger partial charge in [0.05, 0.1) is 23.1 Å². The molecule has 146 valence electrons. The normalized spacial score (nSPS) is 11.5. The zero-order chi connectivity index (χ0) is 19.5. The highest BCUT2D eigenvalue weighted by atomic mass is 16.5. The highest BCUT2D eigenvalue weighted by Gasteiger charge is 2.14. The van der Waals surface area contributed by atoms with Crippen molar-refractivity contribution in [3.8, 4) is 11.4 Å². The molecule has 4 aromatic heterocycles. The molecule has 0 saturated carbocycles. The quantitative estimate of drug-likeness (QED) is 0.460. The van der Waals surface area contributed by atoms with Crippen LogP contribution in [0.4, 0.5) is 0 Å². The zero-order valence-corrected chi connectivity index (χ0v) is 16.1. The van der Waals surface area contributed by atoms with E-state index in [0.29, 0.717) is 19.8 Å². The summed E-state index contributed by atoms with van der Waals surface area (Å²) in [4.78, 5) is 20.1. The number of carbonyl (C=O) groups is 1. The number of aryl methyl sites for hydroxylation is 1. The number of pyridine rings is 1. The van der Waals surface area contributed by atoms with Crippen LogP contribution in [0.15, 0.2) is 36.8 Å². The molecule has 0 aliphatic rings. The fourth-order valence-electron chi connectivity index (χ4n) is 3.43. The number of nitrogens with zero attached hydrogens (tertiary/aromatic N) is 4. The van der Waals surface area contributed by atoms with Gasteiger partial charge in [-0.05, 0) is 31.5 Å². The van der Waals surface area contributed by atoms with Crippen molar-refractivity contribution < 1.29 is 9.53 Å². The summed E-state index contributed by atoms with van der Waals surface area (Å²) in [5.74, 6) is -0.0165. The molecule has 2 N–H and O–H groups in total. The first-order valence-corrected chi connectivity index (χ1v) is 9.46. The van der Waals surface area contributed by atoms with E-state index in [1.165, 1.54) is 0 Å². The summed E-state index contributed by atoms with van der Waals surface area (Å²) >= 11 is 0. The SMILES string of the molecule is CCOCCCNC(=O)Cn1cccc1-c1cc2c(ncc3cnn(C)c32)[nH]1. The Labute approximate surface area is 162 Å². The fourth-order valence-corrected chi connectivity index (χ4v) is 3.43. The standard InChI is InChI=1S/C20H24N6O2/c1-3-28-9-5-7-21-18(27)13-26-8-4-6-17(26)16-10-15-19-14(12-23-25(19)2)11-22-20(15)24-16/h4,6,8,10-12H,3,5,7,9,13H2,1-2H3,(H,21,27)(H,22,24). The van der Waals surface area contributed by atoms with Crippen LogP contribution in [0.2, 0.25) is 0 Å². The summed E-state index contributed by atoms with van der Waals surface area (Å²) in [5.41, 5.74) is 3.71. The molecule has 0 aliphatic carbocycles. The largest absolute Gasteiger partial charge is 0.382 e. The number of rotatable bonds is 8. The average molecular weight is 380 g/mol. The van der Waals surface area contributed by atoms with Crippen LogP contribution in [0.25, 0.3) is 33.3 Å². The van der Waals surface area contributed by atoms with Crippen LogP contribution in [0.3, 0.4) is 0 Å². The van der Waals surface area contributed by atoms with Crippen LogP contribution in [-0.2, 0) is 23.1 Å². The predicted molar refractivity (Wildman–Crippen MR) is 108 cm³/mol. The molecule has 4 aromatic rings. The molecule has 4 rings (SSSR count). The van der Waals surface area contributed by atoms with Crippen LogP contribution in [0.1, 0.15) is 13.3 Å². The lowest BCUT2D eigenvalue weighted by atomic mass is 10.2. The van der Waals surface area contributed by atoms with Crippen molar-refractivity contribution in [3.63, 3.8) is 0 Å². The average Bonchev–Trinajstić information content (AvgIpc) is 3.39. The minimum atomic E-state index is -0.0165. The highest BCUT2D eigenvalue weighted by Crippen LogP contribution is 2.28. The molecule has 8 heteroatoms. The van der Waals surface area contributed by atoms with E-state index in [-0.39, 0.29) is 12.5 Å². The van der Waals surface area contributed by atoms with Gasteiger partial charge >= 0.3 is 0 Å². The first-order valence-electron chi connectivity index (χ1n) is 9.46. The first kappa shape index (κ1) is 18.2. The highest BCUT2D eigenvalue weighted by molar-refractivity contribution is 6.04. The van der Waals surface area contributed by atoms with E-state index >= 15 is 0 Å². The molecule has 1 amide bonds. The fraction of sp³-hybridized carbons (Fsp3) is 0.350. The van der Waals surface area contributed by atoms with Crippen molar-refractivity contribution in [1.29, 1.82) is 0 Å². The van der Waals surface area contributed by atoms with Crippen LogP contribution in [0.5, 0.6) is 0 Å². The van der Waals surface area contributed by atoms with Gasteiger partial charge in [0.25, 0.3) is 0 Å². The van der Waals surface area contributed by atoms with Gasteiger partial charge in [-0.1, -0.05) is 0 Å². The maximum Gasteiger partial charge on any atom is 0.239 e. The number of amides is 1. The number of ether oxygens (including phenoxy) is 1. The van der Waals surface area contributed by atoms with Gasteiger partial charge in [-0.25, -0.2) is 4.98 Å². The van der Waals surface area contributed by atoms with Gasteiger partial charge in [-0.15, -0.1) is 0 Å². The van der Waals surface area contributed by atoms with Gasteiger partial charge in [0.15, 0.2) is 0 Å². The third kappa shape index (κ3) is 3.50. The summed E-state index contributed by atoms with van der Waals surface area (Å²) in [6.07, 6.45) is 6.35. The first-order chi connectivity index (χ1) is 13.7. The van der Waals surface area contributed by atoms with Gasteiger partial charge in [0.1, 0.15) is 12.2 Å². The maximum atomic E-state index is 12.3. The Hall–Kier alpha value is -3.13. The van der Waals surface area contributed by atoms with Gasteiger partial charge in [-0.2, -0.15) is 5.10 Å². The Morgan fingerprint density at radius 3 is 3.11 bits per heavy atom. The molecular weight excluding hydrogens is 356 g/mol. The Kier molecular flexibility index (Phi) is 5.12. The minimum Gasteiger partial charge on any atom is -0.382 e. The van der Waals surface area contributed by atoms with E-state index in [1.54, 1.807) is 0 Å². The molecule has 0 saturated heterocycles. The second-order valence-corrected chi connectivity index (χ2v) is 6.70. The third-order valence-electron chi connectivity index (χ3n) is 4.76. The van der Waals surface area contributed by atoms with Crippen LogP contribution in [-0.4, -0.2) is 50.0 Å². The number of carbonyl (C=O) groups excluding carboxylic acids is 1. The monoisotopic (exact) mass is 380 g/mol. The van der Waals surface area contributed by atoms with Crippen LogP contribution < -0.4 is 5.32 Å². The van der Waals surface area contributed by atoms with Crippen LogP contribution in [0, 0.1) is 0 Å². The van der Waals surface area contributed by atoms with E-state index in [2.05, 4.69) is 26.4 Å².